The van der Waals surface area contributed by atoms with E-state index in [0.717, 1.165) is 6.42 Å². The van der Waals surface area contributed by atoms with E-state index in [-0.39, 0.29) is 0 Å². The van der Waals surface area contributed by atoms with Crippen LogP contribution in [0.25, 0.3) is 0 Å². The summed E-state index contributed by atoms with van der Waals surface area (Å²) in [6, 6.07) is 7.44. The molecule has 1 aromatic heterocycles. The highest BCUT2D eigenvalue weighted by Gasteiger charge is 2.16. The summed E-state index contributed by atoms with van der Waals surface area (Å²) in [5, 5.41) is 10.3. The molecule has 0 aliphatic heterocycles. The fourth-order valence-electron chi connectivity index (χ4n) is 1.66. The van der Waals surface area contributed by atoms with Gasteiger partial charge in [0.05, 0.1) is 18.5 Å². The minimum Gasteiger partial charge on any atom is -0.493 e. The van der Waals surface area contributed by atoms with Gasteiger partial charge in [-0.1, -0.05) is 25.1 Å². The summed E-state index contributed by atoms with van der Waals surface area (Å²) < 4.78 is 5.62. The summed E-state index contributed by atoms with van der Waals surface area (Å²) in [5.41, 5.74) is 1.23. The first-order valence-electron chi connectivity index (χ1n) is 5.98. The molecule has 0 bridgehead atoms. The van der Waals surface area contributed by atoms with E-state index in [1.54, 1.807) is 18.6 Å². The second-order valence-corrected chi connectivity index (χ2v) is 3.92. The van der Waals surface area contributed by atoms with Gasteiger partial charge in [0.1, 0.15) is 11.9 Å². The molecule has 2 aromatic rings. The molecular formula is C14H16N2O2. The molecule has 0 saturated carbocycles. The maximum atomic E-state index is 10.3. The van der Waals surface area contributed by atoms with Crippen molar-refractivity contribution in [2.75, 3.05) is 6.61 Å². The van der Waals surface area contributed by atoms with Gasteiger partial charge in [-0.05, 0) is 12.5 Å². The fourth-order valence-corrected chi connectivity index (χ4v) is 1.66. The molecule has 0 amide bonds. The maximum Gasteiger partial charge on any atom is 0.126 e. The molecule has 0 radical (unpaired) electrons. The molecule has 94 valence electrons. The number of aliphatic hydroxyl groups is 1. The normalized spacial score (nSPS) is 12.1. The number of hydrogen-bond acceptors (Lipinski definition) is 4. The van der Waals surface area contributed by atoms with Gasteiger partial charge in [-0.2, -0.15) is 0 Å². The first kappa shape index (κ1) is 12.5. The fraction of sp³-hybridized carbons (Fsp3) is 0.286. The van der Waals surface area contributed by atoms with Crippen molar-refractivity contribution in [3.05, 3.63) is 54.1 Å². The second-order valence-electron chi connectivity index (χ2n) is 3.92. The molecule has 1 heterocycles. The van der Waals surface area contributed by atoms with Crippen molar-refractivity contribution >= 4 is 0 Å². The Kier molecular flexibility index (Phi) is 4.25. The Morgan fingerprint density at radius 2 is 2.11 bits per heavy atom. The lowest BCUT2D eigenvalue weighted by Gasteiger charge is -2.15. The first-order chi connectivity index (χ1) is 8.83. The number of rotatable bonds is 5. The minimum atomic E-state index is -0.813. The van der Waals surface area contributed by atoms with Crippen LogP contribution in [0.3, 0.4) is 0 Å². The zero-order chi connectivity index (χ0) is 12.8. The van der Waals surface area contributed by atoms with E-state index in [1.807, 2.05) is 31.2 Å². The maximum absolute atomic E-state index is 10.3. The van der Waals surface area contributed by atoms with Crippen LogP contribution < -0.4 is 4.74 Å². The van der Waals surface area contributed by atoms with Gasteiger partial charge in [0.25, 0.3) is 0 Å². The van der Waals surface area contributed by atoms with Gasteiger partial charge < -0.3 is 9.84 Å². The predicted octanol–water partition coefficient (Wildman–Crippen LogP) is 2.35. The Morgan fingerprint density at radius 1 is 1.28 bits per heavy atom. The van der Waals surface area contributed by atoms with Crippen LogP contribution in [0.1, 0.15) is 30.7 Å². The van der Waals surface area contributed by atoms with Crippen molar-refractivity contribution in [3.63, 3.8) is 0 Å². The molecule has 0 spiro atoms. The summed E-state index contributed by atoms with van der Waals surface area (Å²) in [4.78, 5) is 8.07. The SMILES string of the molecule is CCCOc1ccccc1C(O)c1cnccn1. The zero-order valence-corrected chi connectivity index (χ0v) is 10.3. The van der Waals surface area contributed by atoms with Crippen LogP contribution in [0.15, 0.2) is 42.9 Å². The highest BCUT2D eigenvalue weighted by molar-refractivity contribution is 5.38. The number of aliphatic hydroxyl groups excluding tert-OH is 1. The third-order valence-corrected chi connectivity index (χ3v) is 2.54. The number of benzene rings is 1. The van der Waals surface area contributed by atoms with Crippen molar-refractivity contribution in [2.24, 2.45) is 0 Å². The van der Waals surface area contributed by atoms with Gasteiger partial charge in [0, 0.05) is 18.0 Å². The third-order valence-electron chi connectivity index (χ3n) is 2.54. The number of aromatic nitrogens is 2. The molecule has 2 rings (SSSR count). The largest absolute Gasteiger partial charge is 0.493 e. The smallest absolute Gasteiger partial charge is 0.126 e. The van der Waals surface area contributed by atoms with E-state index in [9.17, 15) is 5.11 Å². The third kappa shape index (κ3) is 2.84. The molecule has 0 aliphatic carbocycles. The van der Waals surface area contributed by atoms with Gasteiger partial charge in [0.2, 0.25) is 0 Å². The van der Waals surface area contributed by atoms with Gasteiger partial charge in [0.15, 0.2) is 0 Å². The lowest BCUT2D eigenvalue weighted by Crippen LogP contribution is -2.06. The lowest BCUT2D eigenvalue weighted by atomic mass is 10.1. The highest BCUT2D eigenvalue weighted by atomic mass is 16.5. The molecule has 1 aromatic carbocycles. The predicted molar refractivity (Wildman–Crippen MR) is 68.3 cm³/mol. The van der Waals surface area contributed by atoms with Gasteiger partial charge in [-0.25, -0.2) is 0 Å². The Balaban J connectivity index is 2.27. The Hall–Kier alpha value is -1.94. The lowest BCUT2D eigenvalue weighted by molar-refractivity contribution is 0.205. The molecule has 0 aliphatic rings. The average molecular weight is 244 g/mol. The van der Waals surface area contributed by atoms with E-state index in [1.165, 1.54) is 0 Å². The van der Waals surface area contributed by atoms with E-state index < -0.39 is 6.10 Å². The van der Waals surface area contributed by atoms with Crippen molar-refractivity contribution < 1.29 is 9.84 Å². The number of para-hydroxylation sites is 1. The zero-order valence-electron chi connectivity index (χ0n) is 10.3. The van der Waals surface area contributed by atoms with Crippen molar-refractivity contribution in [1.29, 1.82) is 0 Å². The Morgan fingerprint density at radius 3 is 2.83 bits per heavy atom. The summed E-state index contributed by atoms with van der Waals surface area (Å²) in [6.07, 6.45) is 4.81. The first-order valence-corrected chi connectivity index (χ1v) is 5.98. The van der Waals surface area contributed by atoms with Gasteiger partial charge in [-0.3, -0.25) is 9.97 Å². The summed E-state index contributed by atoms with van der Waals surface area (Å²) in [7, 11) is 0. The number of nitrogens with zero attached hydrogens (tertiary/aromatic N) is 2. The Labute approximate surface area is 106 Å². The topological polar surface area (TPSA) is 55.2 Å². The van der Waals surface area contributed by atoms with E-state index in [0.29, 0.717) is 23.6 Å². The van der Waals surface area contributed by atoms with Crippen molar-refractivity contribution in [3.8, 4) is 5.75 Å². The molecule has 1 atom stereocenters. The summed E-state index contributed by atoms with van der Waals surface area (Å²) in [5.74, 6) is 0.692. The van der Waals surface area contributed by atoms with E-state index in [4.69, 9.17) is 4.74 Å². The number of ether oxygens (including phenoxy) is 1. The van der Waals surface area contributed by atoms with Crippen molar-refractivity contribution in [1.82, 2.24) is 9.97 Å². The molecule has 18 heavy (non-hydrogen) atoms. The summed E-state index contributed by atoms with van der Waals surface area (Å²) >= 11 is 0. The average Bonchev–Trinajstić information content (AvgIpc) is 2.45. The Bertz CT molecular complexity index is 488. The van der Waals surface area contributed by atoms with Crippen LogP contribution in [0, 0.1) is 0 Å². The minimum absolute atomic E-state index is 0.519. The second kappa shape index (κ2) is 6.12. The van der Waals surface area contributed by atoms with Crippen LogP contribution in [0.2, 0.25) is 0 Å². The van der Waals surface area contributed by atoms with Gasteiger partial charge in [-0.15, -0.1) is 0 Å². The molecular weight excluding hydrogens is 228 g/mol. The van der Waals surface area contributed by atoms with Crippen LogP contribution in [0.5, 0.6) is 5.75 Å². The highest BCUT2D eigenvalue weighted by Crippen LogP contribution is 2.28. The van der Waals surface area contributed by atoms with Crippen LogP contribution in [0.4, 0.5) is 0 Å². The molecule has 1 unspecified atom stereocenters. The molecule has 4 heteroatoms. The summed E-state index contributed by atoms with van der Waals surface area (Å²) in [6.45, 7) is 2.67. The molecule has 0 saturated heterocycles. The van der Waals surface area contributed by atoms with Crippen LogP contribution in [-0.2, 0) is 0 Å². The standard InChI is InChI=1S/C14H16N2O2/c1-2-9-18-13-6-4-3-5-11(13)14(17)12-10-15-7-8-16-12/h3-8,10,14,17H,2,9H2,1H3. The monoisotopic (exact) mass is 244 g/mol. The molecule has 1 N–H and O–H groups in total. The molecule has 4 nitrogen and oxygen atoms in total. The van der Waals surface area contributed by atoms with Crippen molar-refractivity contribution in [2.45, 2.75) is 19.4 Å². The quantitative estimate of drug-likeness (QED) is 0.877. The van der Waals surface area contributed by atoms with E-state index >= 15 is 0 Å². The van der Waals surface area contributed by atoms with E-state index in [2.05, 4.69) is 9.97 Å². The van der Waals surface area contributed by atoms with Crippen LogP contribution in [-0.4, -0.2) is 21.7 Å². The number of hydrogen-bond donors (Lipinski definition) is 1. The van der Waals surface area contributed by atoms with Crippen LogP contribution >= 0.6 is 0 Å². The molecule has 0 fully saturated rings. The van der Waals surface area contributed by atoms with Gasteiger partial charge >= 0.3 is 0 Å².